The van der Waals surface area contributed by atoms with Gasteiger partial charge in [-0.05, 0) is 43.1 Å². The lowest BCUT2D eigenvalue weighted by molar-refractivity contribution is 0.0603. The number of fused-ring (bicyclic) bond motifs is 2. The molecule has 2 bridgehead atoms. The van der Waals surface area contributed by atoms with Gasteiger partial charge in [0.05, 0.1) is 5.69 Å². The maximum Gasteiger partial charge on any atom is 0.268 e. The summed E-state index contributed by atoms with van der Waals surface area (Å²) in [5.41, 5.74) is 0.836. The molecule has 104 valence electrons. The third kappa shape index (κ3) is 2.27. The molecule has 3 heterocycles. The number of halogens is 1. The van der Waals surface area contributed by atoms with E-state index in [4.69, 9.17) is 11.6 Å². The number of hydrogen-bond acceptors (Lipinski definition) is 4. The predicted octanol–water partition coefficient (Wildman–Crippen LogP) is 3.04. The number of carbonyl (C=O) groups is 1. The molecule has 0 spiro atoms. The van der Waals surface area contributed by atoms with Crippen LogP contribution in [-0.2, 0) is 0 Å². The van der Waals surface area contributed by atoms with Crippen molar-refractivity contribution in [3.8, 4) is 0 Å². The molecule has 0 aliphatic carbocycles. The lowest BCUT2D eigenvalue weighted by Gasteiger charge is -2.36. The highest BCUT2D eigenvalue weighted by molar-refractivity contribution is 7.08. The lowest BCUT2D eigenvalue weighted by Crippen LogP contribution is -2.47. The number of nitrogens with zero attached hydrogens (tertiary/aromatic N) is 3. The molecular weight excluding hydrogens is 282 g/mol. The molecule has 2 fully saturated rings. The molecule has 1 aromatic heterocycles. The number of amides is 1. The second-order valence-electron chi connectivity index (χ2n) is 5.81. The highest BCUT2D eigenvalue weighted by Gasteiger charge is 2.44. The molecule has 0 N–H and O–H groups in total. The summed E-state index contributed by atoms with van der Waals surface area (Å²) in [6, 6.07) is 0.631. The fourth-order valence-corrected chi connectivity index (χ4v) is 4.46. The van der Waals surface area contributed by atoms with E-state index in [1.807, 2.05) is 13.8 Å². The summed E-state index contributed by atoms with van der Waals surface area (Å²) >= 11 is 7.49. The van der Waals surface area contributed by atoms with Crippen molar-refractivity contribution in [3.63, 3.8) is 0 Å². The molecule has 19 heavy (non-hydrogen) atoms. The van der Waals surface area contributed by atoms with Gasteiger partial charge in [0.1, 0.15) is 4.88 Å². The average Bonchev–Trinajstić information content (AvgIpc) is 2.92. The van der Waals surface area contributed by atoms with Gasteiger partial charge in [0, 0.05) is 17.5 Å². The van der Waals surface area contributed by atoms with Crippen molar-refractivity contribution in [2.45, 2.75) is 62.9 Å². The van der Waals surface area contributed by atoms with E-state index in [0.29, 0.717) is 12.1 Å². The van der Waals surface area contributed by atoms with Gasteiger partial charge in [-0.2, -0.15) is 0 Å². The predicted molar refractivity (Wildman–Crippen MR) is 75.9 cm³/mol. The van der Waals surface area contributed by atoms with Gasteiger partial charge in [0.15, 0.2) is 0 Å². The topological polar surface area (TPSA) is 46.1 Å². The van der Waals surface area contributed by atoms with E-state index in [0.717, 1.165) is 36.3 Å². The molecule has 4 nitrogen and oxygen atoms in total. The SMILES string of the molecule is CC(C)c1nnsc1C(=O)N1C2CCC1CC(Cl)C2. The molecule has 6 heteroatoms. The first-order valence-electron chi connectivity index (χ1n) is 6.87. The van der Waals surface area contributed by atoms with Gasteiger partial charge >= 0.3 is 0 Å². The minimum atomic E-state index is 0.120. The van der Waals surface area contributed by atoms with Crippen LogP contribution in [0.4, 0.5) is 0 Å². The van der Waals surface area contributed by atoms with Crippen molar-refractivity contribution in [3.05, 3.63) is 10.6 Å². The number of aromatic nitrogens is 2. The Bertz CT molecular complexity index is 476. The molecule has 0 aromatic carbocycles. The smallest absolute Gasteiger partial charge is 0.268 e. The minimum absolute atomic E-state index is 0.120. The molecule has 3 rings (SSSR count). The quantitative estimate of drug-likeness (QED) is 0.789. The second-order valence-corrected chi connectivity index (χ2v) is 7.18. The van der Waals surface area contributed by atoms with Crippen molar-refractivity contribution in [1.29, 1.82) is 0 Å². The van der Waals surface area contributed by atoms with Crippen LogP contribution in [0.3, 0.4) is 0 Å². The summed E-state index contributed by atoms with van der Waals surface area (Å²) in [5.74, 6) is 0.357. The molecule has 0 radical (unpaired) electrons. The number of piperidine rings is 1. The van der Waals surface area contributed by atoms with Crippen LogP contribution in [0.15, 0.2) is 0 Å². The van der Waals surface area contributed by atoms with Gasteiger partial charge in [-0.15, -0.1) is 16.7 Å². The Morgan fingerprint density at radius 3 is 2.58 bits per heavy atom. The summed E-state index contributed by atoms with van der Waals surface area (Å²) in [6.07, 6.45) is 4.02. The van der Waals surface area contributed by atoms with Gasteiger partial charge in [-0.3, -0.25) is 4.79 Å². The van der Waals surface area contributed by atoms with Gasteiger partial charge in [0.2, 0.25) is 0 Å². The summed E-state index contributed by atoms with van der Waals surface area (Å²) in [5, 5.41) is 4.34. The third-order valence-corrected chi connectivity index (χ3v) is 5.25. The monoisotopic (exact) mass is 299 g/mol. The van der Waals surface area contributed by atoms with E-state index in [1.165, 1.54) is 11.5 Å². The first-order valence-corrected chi connectivity index (χ1v) is 8.08. The van der Waals surface area contributed by atoms with Crippen molar-refractivity contribution in [2.24, 2.45) is 0 Å². The van der Waals surface area contributed by atoms with Gasteiger partial charge in [-0.25, -0.2) is 0 Å². The van der Waals surface area contributed by atoms with Crippen LogP contribution >= 0.6 is 23.1 Å². The van der Waals surface area contributed by atoms with Crippen molar-refractivity contribution in [2.75, 3.05) is 0 Å². The van der Waals surface area contributed by atoms with Crippen LogP contribution in [0.5, 0.6) is 0 Å². The van der Waals surface area contributed by atoms with Gasteiger partial charge in [0.25, 0.3) is 5.91 Å². The van der Waals surface area contributed by atoms with Crippen molar-refractivity contribution < 1.29 is 4.79 Å². The molecular formula is C13H18ClN3OS. The number of carbonyl (C=O) groups excluding carboxylic acids is 1. The molecule has 1 aromatic rings. The van der Waals surface area contributed by atoms with E-state index in [1.54, 1.807) is 0 Å². The van der Waals surface area contributed by atoms with Crippen LogP contribution in [0.25, 0.3) is 0 Å². The van der Waals surface area contributed by atoms with Gasteiger partial charge < -0.3 is 4.90 Å². The van der Waals surface area contributed by atoms with Crippen LogP contribution in [-0.4, -0.2) is 37.9 Å². The summed E-state index contributed by atoms with van der Waals surface area (Å²) in [6.45, 7) is 4.10. The average molecular weight is 300 g/mol. The van der Waals surface area contributed by atoms with Crippen LogP contribution in [0.2, 0.25) is 0 Å². The Morgan fingerprint density at radius 1 is 1.37 bits per heavy atom. The number of rotatable bonds is 2. The van der Waals surface area contributed by atoms with Crippen LogP contribution < -0.4 is 0 Å². The van der Waals surface area contributed by atoms with E-state index >= 15 is 0 Å². The highest BCUT2D eigenvalue weighted by Crippen LogP contribution is 2.39. The lowest BCUT2D eigenvalue weighted by atomic mass is 10.0. The first-order chi connectivity index (χ1) is 9.08. The van der Waals surface area contributed by atoms with Crippen molar-refractivity contribution >= 4 is 29.0 Å². The zero-order chi connectivity index (χ0) is 13.6. The minimum Gasteiger partial charge on any atom is -0.332 e. The zero-order valence-corrected chi connectivity index (χ0v) is 12.7. The maximum atomic E-state index is 12.8. The largest absolute Gasteiger partial charge is 0.332 e. The number of alkyl halides is 1. The number of hydrogen-bond donors (Lipinski definition) is 0. The normalized spacial score (nSPS) is 30.1. The first kappa shape index (κ1) is 13.3. The van der Waals surface area contributed by atoms with Crippen LogP contribution in [0, 0.1) is 0 Å². The Balaban J connectivity index is 1.87. The Hall–Kier alpha value is -0.680. The fraction of sp³-hybridized carbons (Fsp3) is 0.769. The Morgan fingerprint density at radius 2 is 2.00 bits per heavy atom. The molecule has 1 amide bonds. The molecule has 2 aliphatic heterocycles. The van der Waals surface area contributed by atoms with Gasteiger partial charge in [-0.1, -0.05) is 18.3 Å². The molecule has 2 unspecified atom stereocenters. The van der Waals surface area contributed by atoms with Crippen LogP contribution in [0.1, 0.15) is 60.8 Å². The Kier molecular flexibility index (Phi) is 3.52. The summed E-state index contributed by atoms with van der Waals surface area (Å²) in [4.78, 5) is 15.5. The van der Waals surface area contributed by atoms with Crippen molar-refractivity contribution in [1.82, 2.24) is 14.5 Å². The van der Waals surface area contributed by atoms with E-state index in [-0.39, 0.29) is 17.2 Å². The standard InChI is InChI=1S/C13H18ClN3OS/c1-7(2)11-12(19-16-15-11)13(18)17-9-3-4-10(17)6-8(14)5-9/h7-10H,3-6H2,1-2H3. The second kappa shape index (κ2) is 5.02. The van der Waals surface area contributed by atoms with E-state index in [2.05, 4.69) is 14.5 Å². The summed E-state index contributed by atoms with van der Waals surface area (Å²) in [7, 11) is 0. The van der Waals surface area contributed by atoms with E-state index in [9.17, 15) is 4.79 Å². The van der Waals surface area contributed by atoms with E-state index < -0.39 is 0 Å². The zero-order valence-electron chi connectivity index (χ0n) is 11.2. The fourth-order valence-electron chi connectivity index (χ4n) is 3.28. The molecule has 2 saturated heterocycles. The molecule has 2 atom stereocenters. The summed E-state index contributed by atoms with van der Waals surface area (Å²) < 4.78 is 3.96. The molecule has 0 saturated carbocycles. The molecule has 2 aliphatic rings. The highest BCUT2D eigenvalue weighted by atomic mass is 35.5. The maximum absolute atomic E-state index is 12.8. The Labute approximate surface area is 122 Å². The third-order valence-electron chi connectivity index (χ3n) is 4.16.